The molecule has 0 aliphatic carbocycles. The molecule has 0 saturated carbocycles. The van der Waals surface area contributed by atoms with Crippen molar-refractivity contribution in [3.63, 3.8) is 0 Å². The molecular formula is C20H21N3O7. The Morgan fingerprint density at radius 3 is 2.40 bits per heavy atom. The van der Waals surface area contributed by atoms with E-state index in [1.165, 1.54) is 44.4 Å². The zero-order valence-corrected chi connectivity index (χ0v) is 16.7. The average Bonchev–Trinajstić information content (AvgIpc) is 3.14. The molecule has 2 aromatic rings. The van der Waals surface area contributed by atoms with Gasteiger partial charge in [0, 0.05) is 19.0 Å². The molecule has 10 heteroatoms. The second-order valence-corrected chi connectivity index (χ2v) is 6.57. The van der Waals surface area contributed by atoms with Crippen molar-refractivity contribution in [3.8, 4) is 17.2 Å². The number of rotatable bonds is 7. The lowest BCUT2D eigenvalue weighted by molar-refractivity contribution is -0.384. The standard InChI is InChI=1S/C20H21N3O7/c1-28-13-4-6-15(16(9-13)23(26)27)21-20(25)12-8-19(24)22(11-12)17-10-14(29-2)5-7-18(17)30-3/h4-7,9-10,12H,8,11H2,1-3H3,(H,21,25)/t12-/m0/s1. The van der Waals surface area contributed by atoms with Gasteiger partial charge >= 0.3 is 0 Å². The molecule has 3 rings (SSSR count). The summed E-state index contributed by atoms with van der Waals surface area (Å²) in [5, 5.41) is 13.9. The molecule has 0 bridgehead atoms. The van der Waals surface area contributed by atoms with Gasteiger partial charge in [0.05, 0.1) is 43.9 Å². The molecule has 10 nitrogen and oxygen atoms in total. The summed E-state index contributed by atoms with van der Waals surface area (Å²) in [6.45, 7) is 0.109. The Kier molecular flexibility index (Phi) is 6.05. The fraction of sp³-hybridized carbons (Fsp3) is 0.300. The number of methoxy groups -OCH3 is 3. The third kappa shape index (κ3) is 4.12. The predicted molar refractivity (Wildman–Crippen MR) is 108 cm³/mol. The molecule has 1 fully saturated rings. The average molecular weight is 415 g/mol. The van der Waals surface area contributed by atoms with Crippen LogP contribution in [0, 0.1) is 16.0 Å². The van der Waals surface area contributed by atoms with Gasteiger partial charge < -0.3 is 24.4 Å². The van der Waals surface area contributed by atoms with Crippen LogP contribution in [0.5, 0.6) is 17.2 Å². The number of benzene rings is 2. The van der Waals surface area contributed by atoms with Crippen molar-refractivity contribution in [2.24, 2.45) is 5.92 Å². The normalized spacial score (nSPS) is 15.6. The Bertz CT molecular complexity index is 992. The first-order valence-electron chi connectivity index (χ1n) is 9.03. The molecule has 1 N–H and O–H groups in total. The fourth-order valence-corrected chi connectivity index (χ4v) is 3.25. The van der Waals surface area contributed by atoms with Crippen LogP contribution in [0.2, 0.25) is 0 Å². The van der Waals surface area contributed by atoms with Crippen LogP contribution < -0.4 is 24.4 Å². The summed E-state index contributed by atoms with van der Waals surface area (Å²) in [6, 6.07) is 9.17. The molecule has 158 valence electrons. The van der Waals surface area contributed by atoms with Gasteiger partial charge in [0.1, 0.15) is 22.9 Å². The maximum Gasteiger partial charge on any atom is 0.296 e. The highest BCUT2D eigenvalue weighted by molar-refractivity contribution is 6.04. The highest BCUT2D eigenvalue weighted by Gasteiger charge is 2.37. The van der Waals surface area contributed by atoms with E-state index in [1.54, 1.807) is 18.2 Å². The molecule has 30 heavy (non-hydrogen) atoms. The van der Waals surface area contributed by atoms with Crippen LogP contribution in [0.25, 0.3) is 0 Å². The van der Waals surface area contributed by atoms with Crippen LogP contribution in [-0.2, 0) is 9.59 Å². The van der Waals surface area contributed by atoms with Crippen molar-refractivity contribution in [1.29, 1.82) is 0 Å². The van der Waals surface area contributed by atoms with Crippen LogP contribution in [0.4, 0.5) is 17.1 Å². The van der Waals surface area contributed by atoms with E-state index in [0.717, 1.165) is 0 Å². The molecule has 0 unspecified atom stereocenters. The third-order valence-corrected chi connectivity index (χ3v) is 4.83. The van der Waals surface area contributed by atoms with E-state index in [4.69, 9.17) is 14.2 Å². The number of hydrogen-bond acceptors (Lipinski definition) is 7. The molecule has 1 aliphatic rings. The monoisotopic (exact) mass is 415 g/mol. The van der Waals surface area contributed by atoms with E-state index in [9.17, 15) is 19.7 Å². The molecule has 2 amide bonds. The molecule has 1 atom stereocenters. The molecule has 1 saturated heterocycles. The Balaban J connectivity index is 1.81. The van der Waals surface area contributed by atoms with Crippen LogP contribution in [0.1, 0.15) is 6.42 Å². The number of nitro groups is 1. The topological polar surface area (TPSA) is 120 Å². The van der Waals surface area contributed by atoms with Crippen LogP contribution in [0.3, 0.4) is 0 Å². The number of ether oxygens (including phenoxy) is 3. The summed E-state index contributed by atoms with van der Waals surface area (Å²) in [5.41, 5.74) is 0.238. The predicted octanol–water partition coefficient (Wildman–Crippen LogP) is 2.61. The number of nitrogens with one attached hydrogen (secondary N) is 1. The summed E-state index contributed by atoms with van der Waals surface area (Å²) >= 11 is 0. The van der Waals surface area contributed by atoms with Crippen molar-refractivity contribution in [2.75, 3.05) is 38.1 Å². The number of amides is 2. The second kappa shape index (κ2) is 8.68. The van der Waals surface area contributed by atoms with Crippen molar-refractivity contribution >= 4 is 28.9 Å². The molecule has 0 spiro atoms. The first kappa shape index (κ1) is 20.9. The smallest absolute Gasteiger partial charge is 0.296 e. The number of hydrogen-bond donors (Lipinski definition) is 1. The minimum Gasteiger partial charge on any atom is -0.497 e. The zero-order valence-electron chi connectivity index (χ0n) is 16.7. The lowest BCUT2D eigenvalue weighted by atomic mass is 10.1. The van der Waals surface area contributed by atoms with Crippen LogP contribution in [0.15, 0.2) is 36.4 Å². The van der Waals surface area contributed by atoms with E-state index in [2.05, 4.69) is 5.32 Å². The van der Waals surface area contributed by atoms with Gasteiger partial charge in [0.2, 0.25) is 11.8 Å². The minimum absolute atomic E-state index is 0.0316. The Labute approximate surface area is 172 Å². The van der Waals surface area contributed by atoms with E-state index in [0.29, 0.717) is 22.9 Å². The van der Waals surface area contributed by atoms with Gasteiger partial charge in [-0.25, -0.2) is 0 Å². The van der Waals surface area contributed by atoms with Gasteiger partial charge in [0.15, 0.2) is 0 Å². The lowest BCUT2D eigenvalue weighted by Gasteiger charge is -2.20. The summed E-state index contributed by atoms with van der Waals surface area (Å²) in [4.78, 5) is 37.5. The Hall–Kier alpha value is -3.82. The van der Waals surface area contributed by atoms with Crippen molar-refractivity contribution in [1.82, 2.24) is 0 Å². The molecular weight excluding hydrogens is 394 g/mol. The number of carbonyl (C=O) groups is 2. The highest BCUT2D eigenvalue weighted by atomic mass is 16.6. The van der Waals surface area contributed by atoms with E-state index < -0.39 is 16.7 Å². The van der Waals surface area contributed by atoms with Gasteiger partial charge in [-0.2, -0.15) is 0 Å². The number of nitro benzene ring substituents is 1. The maximum absolute atomic E-state index is 12.7. The Morgan fingerprint density at radius 2 is 1.77 bits per heavy atom. The first-order chi connectivity index (χ1) is 14.4. The van der Waals surface area contributed by atoms with Crippen molar-refractivity contribution < 1.29 is 28.7 Å². The largest absolute Gasteiger partial charge is 0.497 e. The minimum atomic E-state index is -0.685. The quantitative estimate of drug-likeness (QED) is 0.545. The summed E-state index contributed by atoms with van der Waals surface area (Å²) in [6.07, 6.45) is -0.0316. The van der Waals surface area contributed by atoms with Gasteiger partial charge in [-0.3, -0.25) is 19.7 Å². The van der Waals surface area contributed by atoms with Gasteiger partial charge in [0.25, 0.3) is 5.69 Å². The number of carbonyl (C=O) groups excluding carboxylic acids is 2. The first-order valence-corrected chi connectivity index (χ1v) is 9.03. The molecule has 0 radical (unpaired) electrons. The van der Waals surface area contributed by atoms with Crippen molar-refractivity contribution in [2.45, 2.75) is 6.42 Å². The SMILES string of the molecule is COc1ccc(OC)c(N2C[C@@H](C(=O)Nc3ccc(OC)cc3[N+](=O)[O-])CC2=O)c1. The third-order valence-electron chi connectivity index (χ3n) is 4.83. The van der Waals surface area contributed by atoms with Crippen LogP contribution >= 0.6 is 0 Å². The van der Waals surface area contributed by atoms with Gasteiger partial charge in [-0.05, 0) is 24.3 Å². The van der Waals surface area contributed by atoms with Gasteiger partial charge in [-0.15, -0.1) is 0 Å². The molecule has 1 heterocycles. The summed E-state index contributed by atoms with van der Waals surface area (Å²) < 4.78 is 15.5. The summed E-state index contributed by atoms with van der Waals surface area (Å²) in [5.74, 6) is -0.120. The van der Waals surface area contributed by atoms with E-state index in [-0.39, 0.29) is 30.2 Å². The lowest BCUT2D eigenvalue weighted by Crippen LogP contribution is -2.28. The van der Waals surface area contributed by atoms with Crippen LogP contribution in [-0.4, -0.2) is 44.6 Å². The maximum atomic E-state index is 12.7. The van der Waals surface area contributed by atoms with E-state index >= 15 is 0 Å². The van der Waals surface area contributed by atoms with Crippen molar-refractivity contribution in [3.05, 3.63) is 46.5 Å². The van der Waals surface area contributed by atoms with Gasteiger partial charge in [-0.1, -0.05) is 0 Å². The number of anilines is 2. The molecule has 0 aromatic heterocycles. The molecule has 1 aliphatic heterocycles. The highest BCUT2D eigenvalue weighted by Crippen LogP contribution is 2.36. The zero-order chi connectivity index (χ0) is 21.8. The van der Waals surface area contributed by atoms with E-state index in [1.807, 2.05) is 0 Å². The number of nitrogens with zero attached hydrogens (tertiary/aromatic N) is 2. The molecule has 2 aromatic carbocycles. The Morgan fingerprint density at radius 1 is 1.10 bits per heavy atom. The summed E-state index contributed by atoms with van der Waals surface area (Å²) in [7, 11) is 4.39. The second-order valence-electron chi connectivity index (χ2n) is 6.57. The fourth-order valence-electron chi connectivity index (χ4n) is 3.25.